The molecule has 0 saturated carbocycles. The maximum absolute atomic E-state index is 12.6. The number of rotatable bonds is 4. The van der Waals surface area contributed by atoms with Crippen molar-refractivity contribution in [1.82, 2.24) is 4.90 Å². The van der Waals surface area contributed by atoms with Crippen molar-refractivity contribution in [3.05, 3.63) is 70.2 Å². The average molecular weight is 388 g/mol. The summed E-state index contributed by atoms with van der Waals surface area (Å²) in [5.41, 5.74) is 1.92. The standard InChI is InChI=1S/C19H18BrNO3/c1-24-19(23)16-11-12-17(22)21(16)18(13-7-3-2-4-8-13)14-9-5-6-10-15(14)20/h2-10,16,18H,11-12H2,1H3. The van der Waals surface area contributed by atoms with Crippen LogP contribution in [0.1, 0.15) is 30.0 Å². The van der Waals surface area contributed by atoms with Crippen molar-refractivity contribution in [2.24, 2.45) is 0 Å². The molecule has 0 spiro atoms. The highest BCUT2D eigenvalue weighted by atomic mass is 79.9. The van der Waals surface area contributed by atoms with Gasteiger partial charge in [-0.05, 0) is 23.6 Å². The monoisotopic (exact) mass is 387 g/mol. The predicted molar refractivity (Wildman–Crippen MR) is 94.3 cm³/mol. The lowest BCUT2D eigenvalue weighted by Crippen LogP contribution is -2.42. The summed E-state index contributed by atoms with van der Waals surface area (Å²) >= 11 is 3.58. The summed E-state index contributed by atoms with van der Waals surface area (Å²) in [7, 11) is 1.36. The number of esters is 1. The number of ether oxygens (including phenoxy) is 1. The quantitative estimate of drug-likeness (QED) is 0.751. The minimum atomic E-state index is -0.556. The van der Waals surface area contributed by atoms with E-state index in [1.165, 1.54) is 7.11 Å². The summed E-state index contributed by atoms with van der Waals surface area (Å²) < 4.78 is 5.83. The van der Waals surface area contributed by atoms with Gasteiger partial charge in [-0.2, -0.15) is 0 Å². The van der Waals surface area contributed by atoms with Gasteiger partial charge in [0.25, 0.3) is 0 Å². The molecule has 0 radical (unpaired) electrons. The first-order valence-corrected chi connectivity index (χ1v) is 8.61. The highest BCUT2D eigenvalue weighted by Crippen LogP contribution is 2.38. The van der Waals surface area contributed by atoms with E-state index in [0.717, 1.165) is 15.6 Å². The smallest absolute Gasteiger partial charge is 0.328 e. The van der Waals surface area contributed by atoms with Crippen LogP contribution in [-0.4, -0.2) is 29.9 Å². The molecule has 1 saturated heterocycles. The van der Waals surface area contributed by atoms with Gasteiger partial charge in [-0.15, -0.1) is 0 Å². The van der Waals surface area contributed by atoms with Crippen molar-refractivity contribution in [3.8, 4) is 0 Å². The molecule has 124 valence electrons. The molecule has 4 nitrogen and oxygen atoms in total. The van der Waals surface area contributed by atoms with Crippen LogP contribution < -0.4 is 0 Å². The zero-order valence-electron chi connectivity index (χ0n) is 13.3. The first-order chi connectivity index (χ1) is 11.6. The van der Waals surface area contributed by atoms with Crippen LogP contribution in [0.3, 0.4) is 0 Å². The molecule has 0 N–H and O–H groups in total. The van der Waals surface area contributed by atoms with Crippen molar-refractivity contribution in [2.75, 3.05) is 7.11 Å². The minimum absolute atomic E-state index is 0.0324. The molecule has 1 aliphatic rings. The van der Waals surface area contributed by atoms with Crippen LogP contribution in [0.25, 0.3) is 0 Å². The molecule has 3 rings (SSSR count). The Bertz CT molecular complexity index is 747. The van der Waals surface area contributed by atoms with E-state index in [-0.39, 0.29) is 17.9 Å². The van der Waals surface area contributed by atoms with Crippen LogP contribution >= 0.6 is 15.9 Å². The molecule has 0 aromatic heterocycles. The fourth-order valence-corrected chi connectivity index (χ4v) is 3.72. The number of nitrogens with zero attached hydrogens (tertiary/aromatic N) is 1. The van der Waals surface area contributed by atoms with Crippen LogP contribution in [0.2, 0.25) is 0 Å². The third kappa shape index (κ3) is 3.08. The lowest BCUT2D eigenvalue weighted by atomic mass is 9.96. The summed E-state index contributed by atoms with van der Waals surface area (Å²) in [5, 5.41) is 0. The number of halogens is 1. The van der Waals surface area contributed by atoms with E-state index in [4.69, 9.17) is 4.74 Å². The largest absolute Gasteiger partial charge is 0.467 e. The summed E-state index contributed by atoms with van der Waals surface area (Å²) in [4.78, 5) is 26.5. The van der Waals surface area contributed by atoms with Crippen LogP contribution in [-0.2, 0) is 14.3 Å². The third-order valence-corrected chi connectivity index (χ3v) is 5.04. The molecule has 1 amide bonds. The van der Waals surface area contributed by atoms with E-state index in [0.29, 0.717) is 12.8 Å². The number of benzene rings is 2. The molecule has 5 heteroatoms. The molecule has 0 aliphatic carbocycles. The van der Waals surface area contributed by atoms with Crippen molar-refractivity contribution in [2.45, 2.75) is 24.9 Å². The van der Waals surface area contributed by atoms with Crippen LogP contribution in [0, 0.1) is 0 Å². The molecule has 1 fully saturated rings. The zero-order chi connectivity index (χ0) is 17.1. The first-order valence-electron chi connectivity index (χ1n) is 7.82. The molecule has 2 atom stereocenters. The van der Waals surface area contributed by atoms with Gasteiger partial charge in [0.1, 0.15) is 6.04 Å². The van der Waals surface area contributed by atoms with E-state index >= 15 is 0 Å². The first kappa shape index (κ1) is 16.7. The van der Waals surface area contributed by atoms with Gasteiger partial charge in [0.05, 0.1) is 13.2 Å². The molecule has 2 aromatic carbocycles. The molecule has 24 heavy (non-hydrogen) atoms. The summed E-state index contributed by atoms with van der Waals surface area (Å²) in [6.07, 6.45) is 0.840. The van der Waals surface area contributed by atoms with E-state index < -0.39 is 6.04 Å². The lowest BCUT2D eigenvalue weighted by Gasteiger charge is -2.33. The Morgan fingerprint density at radius 2 is 1.83 bits per heavy atom. The highest BCUT2D eigenvalue weighted by Gasteiger charge is 2.42. The van der Waals surface area contributed by atoms with E-state index in [1.54, 1.807) is 4.90 Å². The molecule has 2 aromatic rings. The van der Waals surface area contributed by atoms with Crippen molar-refractivity contribution in [3.63, 3.8) is 0 Å². The summed E-state index contributed by atoms with van der Waals surface area (Å²) in [6, 6.07) is 16.7. The Labute approximate surface area is 149 Å². The maximum Gasteiger partial charge on any atom is 0.328 e. The van der Waals surface area contributed by atoms with Crippen LogP contribution in [0.15, 0.2) is 59.1 Å². The molecule has 1 aliphatic heterocycles. The van der Waals surface area contributed by atoms with Crippen molar-refractivity contribution >= 4 is 27.8 Å². The van der Waals surface area contributed by atoms with Gasteiger partial charge in [-0.1, -0.05) is 64.5 Å². The van der Waals surface area contributed by atoms with Gasteiger partial charge in [-0.3, -0.25) is 4.79 Å². The Balaban J connectivity index is 2.13. The highest BCUT2D eigenvalue weighted by molar-refractivity contribution is 9.10. The molecular weight excluding hydrogens is 370 g/mol. The number of amides is 1. The Kier molecular flexibility index (Phi) is 5.00. The predicted octanol–water partition coefficient (Wildman–Crippen LogP) is 3.70. The van der Waals surface area contributed by atoms with Gasteiger partial charge in [0, 0.05) is 10.9 Å². The number of likely N-dealkylation sites (tertiary alicyclic amines) is 1. The number of hydrogen-bond donors (Lipinski definition) is 0. The van der Waals surface area contributed by atoms with E-state index in [1.807, 2.05) is 54.6 Å². The van der Waals surface area contributed by atoms with E-state index in [9.17, 15) is 9.59 Å². The number of hydrogen-bond acceptors (Lipinski definition) is 3. The van der Waals surface area contributed by atoms with Gasteiger partial charge < -0.3 is 9.64 Å². The topological polar surface area (TPSA) is 46.6 Å². The van der Waals surface area contributed by atoms with Crippen LogP contribution in [0.4, 0.5) is 0 Å². The van der Waals surface area contributed by atoms with Crippen molar-refractivity contribution < 1.29 is 14.3 Å². The molecule has 0 bridgehead atoms. The molecule has 2 unspecified atom stereocenters. The average Bonchev–Trinajstić information content (AvgIpc) is 2.99. The second-order valence-corrected chi connectivity index (χ2v) is 6.57. The minimum Gasteiger partial charge on any atom is -0.467 e. The lowest BCUT2D eigenvalue weighted by molar-refractivity contribution is -0.150. The normalized spacial score (nSPS) is 18.5. The second kappa shape index (κ2) is 7.18. The van der Waals surface area contributed by atoms with Crippen molar-refractivity contribution in [1.29, 1.82) is 0 Å². The fraction of sp³-hybridized carbons (Fsp3) is 0.263. The fourth-order valence-electron chi connectivity index (χ4n) is 3.22. The summed E-state index contributed by atoms with van der Waals surface area (Å²) in [6.45, 7) is 0. The number of methoxy groups -OCH3 is 1. The number of carbonyl (C=O) groups excluding carboxylic acids is 2. The Morgan fingerprint density at radius 1 is 1.17 bits per heavy atom. The maximum atomic E-state index is 12.6. The molecular formula is C19H18BrNO3. The van der Waals surface area contributed by atoms with Gasteiger partial charge in [0.15, 0.2) is 0 Å². The van der Waals surface area contributed by atoms with Gasteiger partial charge >= 0.3 is 5.97 Å². The Morgan fingerprint density at radius 3 is 2.50 bits per heavy atom. The second-order valence-electron chi connectivity index (χ2n) is 5.71. The van der Waals surface area contributed by atoms with Gasteiger partial charge in [0.2, 0.25) is 5.91 Å². The number of carbonyl (C=O) groups is 2. The van der Waals surface area contributed by atoms with Gasteiger partial charge in [-0.25, -0.2) is 4.79 Å². The zero-order valence-corrected chi connectivity index (χ0v) is 14.9. The Hall–Kier alpha value is -2.14. The molecule has 1 heterocycles. The third-order valence-electron chi connectivity index (χ3n) is 4.32. The summed E-state index contributed by atoms with van der Waals surface area (Å²) in [5.74, 6) is -0.399. The van der Waals surface area contributed by atoms with E-state index in [2.05, 4.69) is 15.9 Å². The van der Waals surface area contributed by atoms with Crippen LogP contribution in [0.5, 0.6) is 0 Å². The SMILES string of the molecule is COC(=O)C1CCC(=O)N1C(c1ccccc1)c1ccccc1Br.